The average molecular weight is 331 g/mol. The number of rotatable bonds is 5. The van der Waals surface area contributed by atoms with E-state index in [-0.39, 0.29) is 5.78 Å². The van der Waals surface area contributed by atoms with Gasteiger partial charge in [-0.3, -0.25) is 9.48 Å². The molecule has 1 heterocycles. The molecule has 1 aromatic heterocycles. The summed E-state index contributed by atoms with van der Waals surface area (Å²) in [5.74, 6) is -0.229. The van der Waals surface area contributed by atoms with Gasteiger partial charge in [0.1, 0.15) is 11.3 Å². The van der Waals surface area contributed by atoms with Gasteiger partial charge in [0.05, 0.1) is 23.8 Å². The van der Waals surface area contributed by atoms with E-state index in [4.69, 9.17) is 4.74 Å². The predicted molar refractivity (Wildman–Crippen MR) is 74.2 cm³/mol. The Hall–Kier alpha value is -0.720. The molecule has 0 atom stereocenters. The van der Waals surface area contributed by atoms with E-state index in [1.807, 2.05) is 0 Å². The molecular weight excluding hydrogens is 312 g/mol. The van der Waals surface area contributed by atoms with Crippen molar-refractivity contribution in [3.8, 4) is 0 Å². The molecule has 0 saturated heterocycles. The molecule has 0 aromatic carbocycles. The number of Topliss-reactive ketones (excluding diaryl/α,β-unsaturated/α-hetero) is 1. The Kier molecular flexibility index (Phi) is 4.76. The van der Waals surface area contributed by atoms with Crippen LogP contribution in [-0.2, 0) is 11.3 Å². The fourth-order valence-electron chi connectivity index (χ4n) is 2.52. The maximum atomic E-state index is 12.6. The summed E-state index contributed by atoms with van der Waals surface area (Å²) in [5.41, 5.74) is -0.785. The van der Waals surface area contributed by atoms with Crippen molar-refractivity contribution in [3.63, 3.8) is 0 Å². The van der Waals surface area contributed by atoms with E-state index in [0.717, 1.165) is 19.3 Å². The van der Waals surface area contributed by atoms with Gasteiger partial charge >= 0.3 is 0 Å². The quantitative estimate of drug-likeness (QED) is 0.840. The van der Waals surface area contributed by atoms with E-state index < -0.39 is 5.60 Å². The summed E-state index contributed by atoms with van der Waals surface area (Å²) < 4.78 is 7.24. The maximum Gasteiger partial charge on any atom is 0.213 e. The molecule has 1 aliphatic carbocycles. The van der Waals surface area contributed by atoms with Crippen LogP contribution < -0.4 is 0 Å². The second-order valence-electron chi connectivity index (χ2n) is 4.98. The normalized spacial score (nSPS) is 18.5. The lowest BCUT2D eigenvalue weighted by atomic mass is 9.81. The Labute approximate surface area is 121 Å². The minimum atomic E-state index is -1.23. The molecular formula is C13H19BrN2O3. The van der Waals surface area contributed by atoms with Crippen molar-refractivity contribution in [1.29, 1.82) is 0 Å². The number of nitrogens with zero attached hydrogens (tertiary/aromatic N) is 2. The van der Waals surface area contributed by atoms with Crippen LogP contribution in [-0.4, -0.2) is 40.0 Å². The first-order valence-corrected chi connectivity index (χ1v) is 7.35. The van der Waals surface area contributed by atoms with E-state index in [0.29, 0.717) is 36.2 Å². The molecule has 0 bridgehead atoms. The van der Waals surface area contributed by atoms with Crippen molar-refractivity contribution in [2.24, 2.45) is 0 Å². The number of ether oxygens (including phenoxy) is 1. The average Bonchev–Trinajstić information content (AvgIpc) is 2.77. The van der Waals surface area contributed by atoms with Crippen LogP contribution in [0.15, 0.2) is 10.7 Å². The minimum Gasteiger partial charge on any atom is -0.383 e. The van der Waals surface area contributed by atoms with Gasteiger partial charge in [0.15, 0.2) is 0 Å². The topological polar surface area (TPSA) is 64.4 Å². The molecule has 0 radical (unpaired) electrons. The number of carbonyl (C=O) groups is 1. The lowest BCUT2D eigenvalue weighted by molar-refractivity contribution is 0.0104. The van der Waals surface area contributed by atoms with Crippen LogP contribution in [0, 0.1) is 0 Å². The minimum absolute atomic E-state index is 0.229. The smallest absolute Gasteiger partial charge is 0.213 e. The van der Waals surface area contributed by atoms with Gasteiger partial charge in [0.2, 0.25) is 5.78 Å². The lowest BCUT2D eigenvalue weighted by Crippen LogP contribution is -2.41. The highest BCUT2D eigenvalue weighted by atomic mass is 79.9. The second-order valence-corrected chi connectivity index (χ2v) is 5.83. The molecule has 6 heteroatoms. The number of aliphatic hydroxyl groups is 1. The number of ketones is 1. The van der Waals surface area contributed by atoms with Crippen LogP contribution in [0.1, 0.15) is 42.6 Å². The number of hydrogen-bond donors (Lipinski definition) is 1. The molecule has 19 heavy (non-hydrogen) atoms. The van der Waals surface area contributed by atoms with Gasteiger partial charge in [-0.05, 0) is 28.8 Å². The van der Waals surface area contributed by atoms with E-state index in [2.05, 4.69) is 21.0 Å². The summed E-state index contributed by atoms with van der Waals surface area (Å²) in [7, 11) is 1.61. The predicted octanol–water partition coefficient (Wildman–Crippen LogP) is 2.17. The van der Waals surface area contributed by atoms with E-state index in [1.165, 1.54) is 0 Å². The van der Waals surface area contributed by atoms with Crippen LogP contribution in [0.2, 0.25) is 0 Å². The molecule has 1 N–H and O–H groups in total. The Balaban J connectivity index is 2.24. The van der Waals surface area contributed by atoms with Crippen LogP contribution in [0.25, 0.3) is 0 Å². The maximum absolute atomic E-state index is 12.6. The van der Waals surface area contributed by atoms with Crippen molar-refractivity contribution >= 4 is 21.7 Å². The van der Waals surface area contributed by atoms with E-state index in [1.54, 1.807) is 18.0 Å². The number of hydrogen-bond acceptors (Lipinski definition) is 4. The molecule has 106 valence electrons. The van der Waals surface area contributed by atoms with Gasteiger partial charge in [-0.15, -0.1) is 0 Å². The second kappa shape index (κ2) is 6.15. The summed E-state index contributed by atoms with van der Waals surface area (Å²) in [6.07, 6.45) is 5.54. The summed E-state index contributed by atoms with van der Waals surface area (Å²) in [5, 5.41) is 14.7. The SMILES string of the molecule is COCCn1ncc(Br)c1C(=O)C1(O)CCCCC1. The zero-order chi connectivity index (χ0) is 13.9. The van der Waals surface area contributed by atoms with Gasteiger partial charge in [0.25, 0.3) is 0 Å². The van der Waals surface area contributed by atoms with Crippen LogP contribution in [0.5, 0.6) is 0 Å². The van der Waals surface area contributed by atoms with Gasteiger partial charge in [-0.1, -0.05) is 19.3 Å². The molecule has 0 unspecified atom stereocenters. The highest BCUT2D eigenvalue weighted by Gasteiger charge is 2.40. The first-order chi connectivity index (χ1) is 9.08. The molecule has 0 amide bonds. The number of carbonyl (C=O) groups excluding carboxylic acids is 1. The summed E-state index contributed by atoms with van der Waals surface area (Å²) in [6.45, 7) is 0.978. The molecule has 0 aliphatic heterocycles. The fourth-order valence-corrected chi connectivity index (χ4v) is 3.00. The van der Waals surface area contributed by atoms with Crippen molar-refractivity contribution in [2.75, 3.05) is 13.7 Å². The number of halogens is 1. The third kappa shape index (κ3) is 3.07. The molecule has 2 rings (SSSR count). The van der Waals surface area contributed by atoms with Crippen molar-refractivity contribution < 1.29 is 14.6 Å². The third-order valence-electron chi connectivity index (χ3n) is 3.62. The number of methoxy groups -OCH3 is 1. The highest BCUT2D eigenvalue weighted by Crippen LogP contribution is 2.33. The summed E-state index contributed by atoms with van der Waals surface area (Å²) in [4.78, 5) is 12.6. The van der Waals surface area contributed by atoms with E-state index >= 15 is 0 Å². The van der Waals surface area contributed by atoms with Gasteiger partial charge in [-0.25, -0.2) is 0 Å². The van der Waals surface area contributed by atoms with E-state index in [9.17, 15) is 9.90 Å². The molecule has 1 saturated carbocycles. The molecule has 1 fully saturated rings. The van der Waals surface area contributed by atoms with Crippen molar-refractivity contribution in [3.05, 3.63) is 16.4 Å². The summed E-state index contributed by atoms with van der Waals surface area (Å²) in [6, 6.07) is 0. The molecule has 1 aliphatic rings. The first kappa shape index (κ1) is 14.7. The number of aromatic nitrogens is 2. The Morgan fingerprint density at radius 3 is 2.84 bits per heavy atom. The third-order valence-corrected chi connectivity index (χ3v) is 4.20. The van der Waals surface area contributed by atoms with Gasteiger partial charge < -0.3 is 9.84 Å². The van der Waals surface area contributed by atoms with Crippen LogP contribution in [0.3, 0.4) is 0 Å². The zero-order valence-corrected chi connectivity index (χ0v) is 12.6. The Morgan fingerprint density at radius 1 is 1.53 bits per heavy atom. The molecule has 5 nitrogen and oxygen atoms in total. The molecule has 0 spiro atoms. The highest BCUT2D eigenvalue weighted by molar-refractivity contribution is 9.10. The van der Waals surface area contributed by atoms with Crippen LogP contribution >= 0.6 is 15.9 Å². The lowest BCUT2D eigenvalue weighted by Gasteiger charge is -2.30. The monoisotopic (exact) mass is 330 g/mol. The van der Waals surface area contributed by atoms with Gasteiger partial charge in [-0.2, -0.15) is 5.10 Å². The van der Waals surface area contributed by atoms with Gasteiger partial charge in [0, 0.05) is 7.11 Å². The van der Waals surface area contributed by atoms with Crippen molar-refractivity contribution in [1.82, 2.24) is 9.78 Å². The van der Waals surface area contributed by atoms with Crippen molar-refractivity contribution in [2.45, 2.75) is 44.2 Å². The first-order valence-electron chi connectivity index (χ1n) is 6.56. The fraction of sp³-hybridized carbons (Fsp3) is 0.692. The standard InChI is InChI=1S/C13H19BrN2O3/c1-19-8-7-16-11(10(14)9-15-16)12(17)13(18)5-3-2-4-6-13/h9,18H,2-8H2,1H3. The largest absolute Gasteiger partial charge is 0.383 e. The molecule has 1 aromatic rings. The Bertz CT molecular complexity index is 453. The summed E-state index contributed by atoms with van der Waals surface area (Å²) >= 11 is 3.34. The van der Waals surface area contributed by atoms with Crippen LogP contribution in [0.4, 0.5) is 0 Å². The Morgan fingerprint density at radius 2 is 2.21 bits per heavy atom. The zero-order valence-electron chi connectivity index (χ0n) is 11.1.